The smallest absolute Gasteiger partial charge is 0.0940 e. The number of unbranched alkanes of at least 4 members (excludes halogenated alkanes) is 2. The minimum absolute atomic E-state index is 0.166. The monoisotopic (exact) mass is 176 g/mol. The molecule has 0 aliphatic rings. The van der Waals surface area contributed by atoms with Crippen molar-refractivity contribution in [3.8, 4) is 12.1 Å². The van der Waals surface area contributed by atoms with Crippen molar-refractivity contribution < 1.29 is 0 Å². The molecule has 2 nitrogen and oxygen atoms in total. The van der Waals surface area contributed by atoms with Gasteiger partial charge in [0.05, 0.1) is 12.1 Å². The van der Waals surface area contributed by atoms with Crippen LogP contribution in [0.3, 0.4) is 0 Å². The molecule has 0 aromatic carbocycles. The first-order valence-electron chi connectivity index (χ1n) is 4.68. The van der Waals surface area contributed by atoms with Crippen molar-refractivity contribution in [3.05, 3.63) is 12.2 Å². The van der Waals surface area contributed by atoms with Crippen LogP contribution in [0.2, 0.25) is 0 Å². The van der Waals surface area contributed by atoms with Crippen molar-refractivity contribution >= 4 is 0 Å². The van der Waals surface area contributed by atoms with Gasteiger partial charge in [-0.1, -0.05) is 19.4 Å². The van der Waals surface area contributed by atoms with E-state index in [1.807, 2.05) is 13.0 Å². The predicted octanol–water partition coefficient (Wildman–Crippen LogP) is 3.18. The van der Waals surface area contributed by atoms with Crippen LogP contribution >= 0.6 is 0 Å². The highest BCUT2D eigenvalue weighted by molar-refractivity contribution is 5.14. The van der Waals surface area contributed by atoms with E-state index in [-0.39, 0.29) is 5.92 Å². The average molecular weight is 176 g/mol. The molecular formula is C11H16N2. The Morgan fingerprint density at radius 1 is 1.31 bits per heavy atom. The van der Waals surface area contributed by atoms with E-state index in [4.69, 9.17) is 10.5 Å². The highest BCUT2D eigenvalue weighted by Gasteiger charge is 1.98. The number of hydrogen-bond donors (Lipinski definition) is 0. The minimum atomic E-state index is 0.166. The van der Waals surface area contributed by atoms with Crippen LogP contribution in [0.1, 0.15) is 39.0 Å². The van der Waals surface area contributed by atoms with Gasteiger partial charge in [-0.05, 0) is 26.2 Å². The van der Waals surface area contributed by atoms with E-state index in [1.165, 1.54) is 0 Å². The van der Waals surface area contributed by atoms with E-state index < -0.39 is 0 Å². The molecule has 1 atom stereocenters. The minimum Gasteiger partial charge on any atom is -0.198 e. The number of hydrogen-bond acceptors (Lipinski definition) is 2. The molecule has 0 radical (unpaired) electrons. The van der Waals surface area contributed by atoms with E-state index in [1.54, 1.807) is 0 Å². The molecule has 0 aromatic rings. The summed E-state index contributed by atoms with van der Waals surface area (Å²) < 4.78 is 0. The van der Waals surface area contributed by atoms with Gasteiger partial charge in [-0.2, -0.15) is 10.5 Å². The third-order valence-corrected chi connectivity index (χ3v) is 1.99. The second-order valence-corrected chi connectivity index (χ2v) is 3.34. The molecule has 70 valence electrons. The standard InChI is InChI=1S/C11H16N2/c1-10(8-12)6-4-3-5-7-11(2)9-13/h11H,1,3-7H2,2H3. The van der Waals surface area contributed by atoms with Gasteiger partial charge in [0.1, 0.15) is 0 Å². The number of allylic oxidation sites excluding steroid dienone is 1. The molecule has 0 fully saturated rings. The zero-order valence-electron chi connectivity index (χ0n) is 8.21. The van der Waals surface area contributed by atoms with E-state index in [2.05, 4.69) is 12.6 Å². The van der Waals surface area contributed by atoms with Crippen LogP contribution in [0.4, 0.5) is 0 Å². The highest BCUT2D eigenvalue weighted by Crippen LogP contribution is 2.11. The molecule has 0 rings (SSSR count). The van der Waals surface area contributed by atoms with Crippen LogP contribution in [-0.4, -0.2) is 0 Å². The molecular weight excluding hydrogens is 160 g/mol. The Balaban J connectivity index is 3.24. The van der Waals surface area contributed by atoms with Gasteiger partial charge < -0.3 is 0 Å². The maximum absolute atomic E-state index is 8.51. The fraction of sp³-hybridized carbons (Fsp3) is 0.636. The maximum atomic E-state index is 8.51. The quantitative estimate of drug-likeness (QED) is 0.461. The van der Waals surface area contributed by atoms with Crippen molar-refractivity contribution in [2.24, 2.45) is 5.92 Å². The normalized spacial score (nSPS) is 11.3. The summed E-state index contributed by atoms with van der Waals surface area (Å²) in [6.45, 7) is 5.55. The summed E-state index contributed by atoms with van der Waals surface area (Å²) >= 11 is 0. The largest absolute Gasteiger partial charge is 0.198 e. The predicted molar refractivity (Wildman–Crippen MR) is 52.6 cm³/mol. The van der Waals surface area contributed by atoms with E-state index in [0.29, 0.717) is 5.57 Å². The van der Waals surface area contributed by atoms with Gasteiger partial charge in [0.2, 0.25) is 0 Å². The molecule has 0 spiro atoms. The fourth-order valence-corrected chi connectivity index (χ4v) is 1.09. The zero-order valence-corrected chi connectivity index (χ0v) is 8.21. The second kappa shape index (κ2) is 7.37. The second-order valence-electron chi connectivity index (χ2n) is 3.34. The molecule has 1 unspecified atom stereocenters. The highest BCUT2D eigenvalue weighted by atomic mass is 14.3. The lowest BCUT2D eigenvalue weighted by Gasteiger charge is -2.01. The topological polar surface area (TPSA) is 47.6 Å². The molecule has 0 aromatic heterocycles. The molecule has 0 bridgehead atoms. The van der Waals surface area contributed by atoms with Crippen LogP contribution in [0.15, 0.2) is 12.2 Å². The Bertz CT molecular complexity index is 229. The summed E-state index contributed by atoms with van der Waals surface area (Å²) in [5.74, 6) is 0.166. The Labute approximate surface area is 80.5 Å². The van der Waals surface area contributed by atoms with E-state index >= 15 is 0 Å². The average Bonchev–Trinajstić information content (AvgIpc) is 2.16. The zero-order chi connectivity index (χ0) is 10.1. The Morgan fingerprint density at radius 3 is 2.54 bits per heavy atom. The third-order valence-electron chi connectivity index (χ3n) is 1.99. The van der Waals surface area contributed by atoms with Crippen LogP contribution < -0.4 is 0 Å². The molecule has 13 heavy (non-hydrogen) atoms. The van der Waals surface area contributed by atoms with Crippen molar-refractivity contribution in [3.63, 3.8) is 0 Å². The van der Waals surface area contributed by atoms with Crippen LogP contribution in [0.25, 0.3) is 0 Å². The van der Waals surface area contributed by atoms with E-state index in [9.17, 15) is 0 Å². The first kappa shape index (κ1) is 11.7. The van der Waals surface area contributed by atoms with Crippen molar-refractivity contribution in [1.82, 2.24) is 0 Å². The SMILES string of the molecule is C=C(C#N)CCCCCC(C)C#N. The van der Waals surface area contributed by atoms with Crippen molar-refractivity contribution in [2.75, 3.05) is 0 Å². The van der Waals surface area contributed by atoms with Gasteiger partial charge in [-0.25, -0.2) is 0 Å². The Kier molecular flexibility index (Phi) is 6.65. The molecule has 0 saturated carbocycles. The fourth-order valence-electron chi connectivity index (χ4n) is 1.09. The summed E-state index contributed by atoms with van der Waals surface area (Å²) in [5.41, 5.74) is 0.660. The first-order valence-corrected chi connectivity index (χ1v) is 4.68. The Morgan fingerprint density at radius 2 is 2.00 bits per heavy atom. The number of rotatable bonds is 6. The molecule has 2 heteroatoms. The van der Waals surface area contributed by atoms with Gasteiger partial charge in [0, 0.05) is 11.5 Å². The van der Waals surface area contributed by atoms with Gasteiger partial charge in [0.25, 0.3) is 0 Å². The lowest BCUT2D eigenvalue weighted by atomic mass is 10.0. The molecule has 0 amide bonds. The summed E-state index contributed by atoms with van der Waals surface area (Å²) in [6.07, 6.45) is 4.96. The summed E-state index contributed by atoms with van der Waals surface area (Å²) in [6, 6.07) is 4.23. The molecule has 0 heterocycles. The number of nitrogens with zero attached hydrogens (tertiary/aromatic N) is 2. The van der Waals surface area contributed by atoms with E-state index in [0.717, 1.165) is 32.1 Å². The third kappa shape index (κ3) is 7.09. The van der Waals surface area contributed by atoms with Gasteiger partial charge in [0.15, 0.2) is 0 Å². The van der Waals surface area contributed by atoms with Crippen molar-refractivity contribution in [2.45, 2.75) is 39.0 Å². The molecule has 0 saturated heterocycles. The van der Waals surface area contributed by atoms with Gasteiger partial charge >= 0.3 is 0 Å². The van der Waals surface area contributed by atoms with Crippen LogP contribution in [0, 0.1) is 28.6 Å². The Hall–Kier alpha value is -1.28. The van der Waals surface area contributed by atoms with Crippen LogP contribution in [0.5, 0.6) is 0 Å². The lowest BCUT2D eigenvalue weighted by Crippen LogP contribution is -1.89. The lowest BCUT2D eigenvalue weighted by molar-refractivity contribution is 0.573. The van der Waals surface area contributed by atoms with Gasteiger partial charge in [-0.3, -0.25) is 0 Å². The first-order chi connectivity index (χ1) is 6.20. The molecule has 0 N–H and O–H groups in total. The summed E-state index contributed by atoms with van der Waals surface area (Å²) in [7, 11) is 0. The molecule has 0 aliphatic carbocycles. The summed E-state index contributed by atoms with van der Waals surface area (Å²) in [4.78, 5) is 0. The maximum Gasteiger partial charge on any atom is 0.0940 e. The summed E-state index contributed by atoms with van der Waals surface area (Å²) in [5, 5.41) is 16.9. The van der Waals surface area contributed by atoms with Crippen LogP contribution in [-0.2, 0) is 0 Å². The van der Waals surface area contributed by atoms with Crippen molar-refractivity contribution in [1.29, 1.82) is 10.5 Å². The molecule has 0 aliphatic heterocycles. The van der Waals surface area contributed by atoms with Gasteiger partial charge in [-0.15, -0.1) is 0 Å². The number of nitriles is 2.